The van der Waals surface area contributed by atoms with E-state index in [1.807, 2.05) is 0 Å². The van der Waals surface area contributed by atoms with Gasteiger partial charge in [0.2, 0.25) is 23.6 Å². The molecule has 2 aliphatic rings. The highest BCUT2D eigenvalue weighted by Gasteiger charge is 2.39. The number of carbonyl (C=O) groups excluding carboxylic acids is 5. The first-order valence-electron chi connectivity index (χ1n) is 10.9. The van der Waals surface area contributed by atoms with Crippen LogP contribution in [0.25, 0.3) is 0 Å². The average Bonchev–Trinajstić information content (AvgIpc) is 3.10. The summed E-state index contributed by atoms with van der Waals surface area (Å²) in [7, 11) is 0. The molecule has 0 aliphatic carbocycles. The van der Waals surface area contributed by atoms with E-state index in [0.29, 0.717) is 36.1 Å². The molecule has 0 aromatic heterocycles. The van der Waals surface area contributed by atoms with Crippen molar-refractivity contribution in [3.8, 4) is 0 Å². The molecule has 1 unspecified atom stereocenters. The van der Waals surface area contributed by atoms with E-state index in [-0.39, 0.29) is 43.5 Å². The lowest BCUT2D eigenvalue weighted by Crippen LogP contribution is -2.52. The van der Waals surface area contributed by atoms with Gasteiger partial charge in [0.1, 0.15) is 6.04 Å². The van der Waals surface area contributed by atoms with Crippen LogP contribution in [0, 0.1) is 0 Å². The smallest absolute Gasteiger partial charge is 0.255 e. The monoisotopic (exact) mass is 444 g/mol. The number of hydroxylamine groups is 1. The summed E-state index contributed by atoms with van der Waals surface area (Å²) < 4.78 is 0. The largest absolute Gasteiger partial charge is 0.326 e. The first kappa shape index (κ1) is 23.4. The maximum atomic E-state index is 12.8. The van der Waals surface area contributed by atoms with Crippen LogP contribution in [0.15, 0.2) is 18.2 Å². The van der Waals surface area contributed by atoms with E-state index in [9.17, 15) is 24.0 Å². The summed E-state index contributed by atoms with van der Waals surface area (Å²) >= 11 is 0. The zero-order valence-corrected chi connectivity index (χ0v) is 17.8. The molecule has 32 heavy (non-hydrogen) atoms. The van der Waals surface area contributed by atoms with Gasteiger partial charge in [-0.2, -0.15) is 0 Å². The fraction of sp³-hybridized carbons (Fsp3) is 0.500. The van der Waals surface area contributed by atoms with Crippen LogP contribution in [0.3, 0.4) is 0 Å². The maximum absolute atomic E-state index is 12.8. The van der Waals surface area contributed by atoms with Crippen molar-refractivity contribution >= 4 is 35.2 Å². The summed E-state index contributed by atoms with van der Waals surface area (Å²) in [6.07, 6.45) is 5.08. The topological polar surface area (TPSA) is 145 Å². The molecule has 3 rings (SSSR count). The first-order valence-corrected chi connectivity index (χ1v) is 10.9. The molecule has 0 radical (unpaired) electrons. The quantitative estimate of drug-likeness (QED) is 0.187. The third kappa shape index (κ3) is 5.70. The van der Waals surface area contributed by atoms with Gasteiger partial charge in [-0.05, 0) is 31.4 Å². The zero-order chi connectivity index (χ0) is 23.1. The van der Waals surface area contributed by atoms with Crippen molar-refractivity contribution in [1.82, 2.24) is 15.7 Å². The third-order valence-corrected chi connectivity index (χ3v) is 5.79. The van der Waals surface area contributed by atoms with Gasteiger partial charge in [0.25, 0.3) is 5.91 Å². The van der Waals surface area contributed by atoms with Crippen molar-refractivity contribution in [3.63, 3.8) is 0 Å². The van der Waals surface area contributed by atoms with Gasteiger partial charge in [0.05, 0.1) is 0 Å². The highest BCUT2D eigenvalue weighted by molar-refractivity contribution is 6.06. The molecule has 1 saturated heterocycles. The Balaban J connectivity index is 1.49. The minimum absolute atomic E-state index is 0.148. The van der Waals surface area contributed by atoms with Gasteiger partial charge >= 0.3 is 0 Å². The predicted octanol–water partition coefficient (Wildman–Crippen LogP) is 1.62. The van der Waals surface area contributed by atoms with E-state index in [1.165, 1.54) is 4.90 Å². The molecule has 0 bridgehead atoms. The van der Waals surface area contributed by atoms with Gasteiger partial charge in [-0.3, -0.25) is 34.5 Å². The zero-order valence-electron chi connectivity index (χ0n) is 17.8. The van der Waals surface area contributed by atoms with Crippen molar-refractivity contribution < 1.29 is 29.2 Å². The summed E-state index contributed by atoms with van der Waals surface area (Å²) in [5.74, 6) is -1.62. The van der Waals surface area contributed by atoms with Crippen molar-refractivity contribution in [2.24, 2.45) is 0 Å². The number of hydrogen-bond acceptors (Lipinski definition) is 6. The lowest BCUT2D eigenvalue weighted by Gasteiger charge is -2.29. The Morgan fingerprint density at radius 1 is 1.03 bits per heavy atom. The number of rotatable bonds is 10. The second-order valence-electron chi connectivity index (χ2n) is 8.08. The predicted molar refractivity (Wildman–Crippen MR) is 113 cm³/mol. The van der Waals surface area contributed by atoms with Crippen LogP contribution in [0.2, 0.25) is 0 Å². The Hall–Kier alpha value is -3.27. The van der Waals surface area contributed by atoms with E-state index in [4.69, 9.17) is 5.21 Å². The van der Waals surface area contributed by atoms with Crippen LogP contribution in [0.4, 0.5) is 5.69 Å². The Labute approximate surface area is 185 Å². The van der Waals surface area contributed by atoms with Gasteiger partial charge in [-0.25, -0.2) is 5.48 Å². The van der Waals surface area contributed by atoms with Gasteiger partial charge in [-0.1, -0.05) is 25.3 Å². The Bertz CT molecular complexity index is 916. The number of hydrogen-bond donors (Lipinski definition) is 4. The van der Waals surface area contributed by atoms with Crippen LogP contribution in [-0.4, -0.2) is 45.7 Å². The summed E-state index contributed by atoms with van der Waals surface area (Å²) in [6.45, 7) is 0.207. The molecule has 2 heterocycles. The van der Waals surface area contributed by atoms with E-state index in [2.05, 4.69) is 10.6 Å². The second-order valence-corrected chi connectivity index (χ2v) is 8.08. The standard InChI is InChI=1S/C22H28N4O6/c27-18(9-4-2-1-3-5-10-20(29)25-32)23-16-8-6-7-14-15(16)13-26(22(14)31)17-11-12-19(28)24-21(17)30/h6-8,17,32H,1-5,9-13H2,(H,23,27)(H,25,29)(H,24,28,30). The highest BCUT2D eigenvalue weighted by Crippen LogP contribution is 2.32. The Morgan fingerprint density at radius 3 is 2.41 bits per heavy atom. The molecule has 1 atom stereocenters. The van der Waals surface area contributed by atoms with Crippen molar-refractivity contribution in [3.05, 3.63) is 29.3 Å². The Kier molecular flexibility index (Phi) is 7.93. The number of benzene rings is 1. The van der Waals surface area contributed by atoms with E-state index in [1.54, 1.807) is 23.7 Å². The van der Waals surface area contributed by atoms with Gasteiger partial charge in [0, 0.05) is 42.6 Å². The minimum atomic E-state index is -0.695. The van der Waals surface area contributed by atoms with Crippen LogP contribution in [-0.2, 0) is 25.7 Å². The molecule has 10 heteroatoms. The minimum Gasteiger partial charge on any atom is -0.326 e. The van der Waals surface area contributed by atoms with E-state index >= 15 is 0 Å². The number of unbranched alkanes of at least 4 members (excludes halogenated alkanes) is 4. The lowest BCUT2D eigenvalue weighted by molar-refractivity contribution is -0.137. The van der Waals surface area contributed by atoms with Crippen molar-refractivity contribution in [2.75, 3.05) is 5.32 Å². The molecule has 4 N–H and O–H groups in total. The van der Waals surface area contributed by atoms with Crippen molar-refractivity contribution in [1.29, 1.82) is 0 Å². The molecule has 1 fully saturated rings. The molecule has 10 nitrogen and oxygen atoms in total. The van der Waals surface area contributed by atoms with Crippen LogP contribution < -0.4 is 16.1 Å². The maximum Gasteiger partial charge on any atom is 0.255 e. The molecule has 1 aromatic carbocycles. The normalized spacial score (nSPS) is 17.7. The van der Waals surface area contributed by atoms with Gasteiger partial charge in [0.15, 0.2) is 0 Å². The van der Waals surface area contributed by atoms with Crippen LogP contribution in [0.1, 0.15) is 73.7 Å². The van der Waals surface area contributed by atoms with E-state index < -0.39 is 17.9 Å². The number of fused-ring (bicyclic) bond motifs is 1. The molecular formula is C22H28N4O6. The number of carbonyl (C=O) groups is 5. The van der Waals surface area contributed by atoms with Crippen molar-refractivity contribution in [2.45, 2.75) is 70.4 Å². The fourth-order valence-electron chi connectivity index (χ4n) is 4.07. The fourth-order valence-corrected chi connectivity index (χ4v) is 4.07. The SMILES string of the molecule is O=C(CCCCCCCC(=O)Nc1cccc2c1CN(C1CCC(=O)NC1=O)C2=O)NO. The molecule has 0 saturated carbocycles. The number of nitrogens with one attached hydrogen (secondary N) is 3. The Morgan fingerprint density at radius 2 is 1.72 bits per heavy atom. The first-order chi connectivity index (χ1) is 15.4. The molecule has 172 valence electrons. The van der Waals surface area contributed by atoms with Gasteiger partial charge < -0.3 is 10.2 Å². The molecule has 0 spiro atoms. The third-order valence-electron chi connectivity index (χ3n) is 5.79. The van der Waals surface area contributed by atoms with Gasteiger partial charge in [-0.15, -0.1) is 0 Å². The number of anilines is 1. The summed E-state index contributed by atoms with van der Waals surface area (Å²) in [5.41, 5.74) is 3.30. The summed E-state index contributed by atoms with van der Waals surface area (Å²) in [5, 5.41) is 13.6. The average molecular weight is 444 g/mol. The molecule has 5 amide bonds. The van der Waals surface area contributed by atoms with Crippen LogP contribution in [0.5, 0.6) is 0 Å². The number of piperidine rings is 1. The van der Waals surface area contributed by atoms with E-state index in [0.717, 1.165) is 19.3 Å². The lowest BCUT2D eigenvalue weighted by atomic mass is 10.0. The summed E-state index contributed by atoms with van der Waals surface area (Å²) in [6, 6.07) is 4.42. The number of nitrogens with zero attached hydrogens (tertiary/aromatic N) is 1. The number of imide groups is 1. The molecule has 1 aromatic rings. The highest BCUT2D eigenvalue weighted by atomic mass is 16.5. The second kappa shape index (κ2) is 10.9. The number of amides is 5. The molecular weight excluding hydrogens is 416 g/mol. The molecule has 2 aliphatic heterocycles. The van der Waals surface area contributed by atoms with Crippen LogP contribution >= 0.6 is 0 Å². The summed E-state index contributed by atoms with van der Waals surface area (Å²) in [4.78, 5) is 61.2.